The van der Waals surface area contributed by atoms with Crippen molar-refractivity contribution in [1.29, 1.82) is 0 Å². The van der Waals surface area contributed by atoms with Gasteiger partial charge < -0.3 is 29.5 Å². The van der Waals surface area contributed by atoms with Gasteiger partial charge in [-0.3, -0.25) is 4.79 Å². The average molecular weight is 455 g/mol. The molecule has 1 heterocycles. The molecule has 2 saturated carbocycles. The summed E-state index contributed by atoms with van der Waals surface area (Å²) in [5.74, 6) is -2.02. The Hall–Kier alpha value is -1.32. The van der Waals surface area contributed by atoms with Crippen molar-refractivity contribution < 1.29 is 39.1 Å². The third-order valence-corrected chi connectivity index (χ3v) is 8.41. The third kappa shape index (κ3) is 3.21. The van der Waals surface area contributed by atoms with E-state index in [1.807, 2.05) is 13.8 Å². The molecule has 0 spiro atoms. The van der Waals surface area contributed by atoms with Crippen LogP contribution in [0.5, 0.6) is 0 Å². The summed E-state index contributed by atoms with van der Waals surface area (Å²) in [6.45, 7) is 14.1. The molecule has 182 valence electrons. The molecular formula is C24H38O8. The van der Waals surface area contributed by atoms with E-state index >= 15 is 0 Å². The van der Waals surface area contributed by atoms with E-state index in [1.54, 1.807) is 20.8 Å². The van der Waals surface area contributed by atoms with Crippen LogP contribution in [0.1, 0.15) is 60.8 Å². The fraction of sp³-hybridized carbons (Fsp3) is 0.833. The summed E-state index contributed by atoms with van der Waals surface area (Å²) in [5.41, 5.74) is -7.22. The van der Waals surface area contributed by atoms with Crippen LogP contribution in [0, 0.1) is 16.7 Å². The highest BCUT2D eigenvalue weighted by atomic mass is 16.6. The maximum atomic E-state index is 13.7. The van der Waals surface area contributed by atoms with E-state index in [1.165, 1.54) is 13.0 Å². The molecule has 32 heavy (non-hydrogen) atoms. The lowest BCUT2D eigenvalue weighted by molar-refractivity contribution is -0.370. The second kappa shape index (κ2) is 7.87. The second-order valence-corrected chi connectivity index (χ2v) is 10.9. The molecule has 0 aromatic rings. The molecule has 1 saturated heterocycles. The number of Topliss-reactive ketones (excluding diaryl/α,β-unsaturated/α-hetero) is 1. The van der Waals surface area contributed by atoms with Gasteiger partial charge in [0.05, 0.1) is 17.8 Å². The van der Waals surface area contributed by atoms with Crippen LogP contribution in [-0.4, -0.2) is 75.4 Å². The van der Waals surface area contributed by atoms with E-state index in [0.29, 0.717) is 19.4 Å². The van der Waals surface area contributed by atoms with Crippen molar-refractivity contribution >= 4 is 11.8 Å². The summed E-state index contributed by atoms with van der Waals surface area (Å²) in [6.07, 6.45) is -1.51. The number of hydrogen-bond acceptors (Lipinski definition) is 8. The summed E-state index contributed by atoms with van der Waals surface area (Å²) in [7, 11) is 0. The monoisotopic (exact) mass is 454 g/mol. The molecule has 3 N–H and O–H groups in total. The molecule has 1 aliphatic heterocycles. The highest BCUT2D eigenvalue weighted by molar-refractivity contribution is 5.92. The van der Waals surface area contributed by atoms with Gasteiger partial charge in [-0.05, 0) is 39.0 Å². The summed E-state index contributed by atoms with van der Waals surface area (Å²) in [4.78, 5) is 26.3. The van der Waals surface area contributed by atoms with Gasteiger partial charge in [-0.1, -0.05) is 26.8 Å². The predicted molar refractivity (Wildman–Crippen MR) is 116 cm³/mol. The van der Waals surface area contributed by atoms with Crippen LogP contribution in [0.4, 0.5) is 0 Å². The quantitative estimate of drug-likeness (QED) is 0.422. The highest BCUT2D eigenvalue weighted by Crippen LogP contribution is 2.67. The van der Waals surface area contributed by atoms with E-state index in [9.17, 15) is 24.9 Å². The van der Waals surface area contributed by atoms with Gasteiger partial charge in [-0.15, -0.1) is 6.58 Å². The second-order valence-electron chi connectivity index (χ2n) is 10.9. The standard InChI is InChI=1S/C24H38O8/c1-8-21(5)12-15(26)24(29)22(6)14(25)10-11-20(3,4)18(22)17(28)19(23(24,7)32-21)31-16(27)13-30-9-2/h8,14,17-19,25,28-29H,1,9-13H2,2-7H3/t14-,17-,18-,19-,21-,22-,23+,24-/m0/s1. The number of ether oxygens (including phenoxy) is 3. The maximum absolute atomic E-state index is 13.7. The minimum Gasteiger partial charge on any atom is -0.455 e. The molecule has 3 aliphatic rings. The molecule has 0 bridgehead atoms. The molecule has 0 aromatic heterocycles. The van der Waals surface area contributed by atoms with Gasteiger partial charge in [0, 0.05) is 24.4 Å². The molecule has 3 fully saturated rings. The van der Waals surface area contributed by atoms with Gasteiger partial charge in [-0.25, -0.2) is 4.79 Å². The van der Waals surface area contributed by atoms with Crippen LogP contribution in [-0.2, 0) is 23.8 Å². The van der Waals surface area contributed by atoms with E-state index in [4.69, 9.17) is 14.2 Å². The Labute approximate surface area is 189 Å². The van der Waals surface area contributed by atoms with Gasteiger partial charge in [0.1, 0.15) is 12.2 Å². The van der Waals surface area contributed by atoms with Gasteiger partial charge >= 0.3 is 5.97 Å². The summed E-state index contributed by atoms with van der Waals surface area (Å²) in [6, 6.07) is 0. The Morgan fingerprint density at radius 2 is 1.88 bits per heavy atom. The lowest BCUT2D eigenvalue weighted by atomic mass is 9.40. The largest absolute Gasteiger partial charge is 0.455 e. The van der Waals surface area contributed by atoms with E-state index < -0.39 is 63.6 Å². The number of carbonyl (C=O) groups is 2. The molecule has 8 heteroatoms. The first kappa shape index (κ1) is 25.3. The molecule has 8 nitrogen and oxygen atoms in total. The normalized spacial score (nSPS) is 47.8. The Kier molecular flexibility index (Phi) is 6.23. The maximum Gasteiger partial charge on any atom is 0.332 e. The molecule has 0 radical (unpaired) electrons. The first-order valence-corrected chi connectivity index (χ1v) is 11.4. The molecule has 0 amide bonds. The lowest BCUT2D eigenvalue weighted by Crippen LogP contribution is -2.86. The first-order chi connectivity index (χ1) is 14.6. The van der Waals surface area contributed by atoms with Crippen molar-refractivity contribution in [2.75, 3.05) is 13.2 Å². The zero-order valence-electron chi connectivity index (χ0n) is 20.0. The van der Waals surface area contributed by atoms with Gasteiger partial charge in [0.2, 0.25) is 0 Å². The fourth-order valence-corrected chi connectivity index (χ4v) is 6.84. The summed E-state index contributed by atoms with van der Waals surface area (Å²) >= 11 is 0. The Balaban J connectivity index is 2.23. The van der Waals surface area contributed by atoms with Gasteiger partial charge in [0.15, 0.2) is 17.5 Å². The number of carbonyl (C=O) groups excluding carboxylic acids is 2. The van der Waals surface area contributed by atoms with E-state index in [-0.39, 0.29) is 13.0 Å². The van der Waals surface area contributed by atoms with Crippen molar-refractivity contribution in [3.05, 3.63) is 12.7 Å². The molecule has 3 rings (SSSR count). The Morgan fingerprint density at radius 3 is 2.44 bits per heavy atom. The fourth-order valence-electron chi connectivity index (χ4n) is 6.84. The minimum absolute atomic E-state index is 0.159. The van der Waals surface area contributed by atoms with Crippen molar-refractivity contribution in [3.8, 4) is 0 Å². The number of aliphatic hydroxyl groups is 3. The Bertz CT molecular complexity index is 795. The van der Waals surface area contributed by atoms with Crippen molar-refractivity contribution in [2.45, 2.75) is 95.9 Å². The van der Waals surface area contributed by atoms with Crippen LogP contribution < -0.4 is 0 Å². The number of esters is 1. The summed E-state index contributed by atoms with van der Waals surface area (Å²) < 4.78 is 17.2. The molecular weight excluding hydrogens is 416 g/mol. The summed E-state index contributed by atoms with van der Waals surface area (Å²) in [5, 5.41) is 35.1. The number of rotatable bonds is 5. The molecule has 0 aromatic carbocycles. The smallest absolute Gasteiger partial charge is 0.332 e. The number of ketones is 1. The number of aliphatic hydroxyl groups excluding tert-OH is 2. The van der Waals surface area contributed by atoms with E-state index in [2.05, 4.69) is 6.58 Å². The first-order valence-electron chi connectivity index (χ1n) is 11.4. The number of fused-ring (bicyclic) bond motifs is 3. The lowest BCUT2D eigenvalue weighted by Gasteiger charge is -2.71. The molecule has 0 unspecified atom stereocenters. The highest BCUT2D eigenvalue weighted by Gasteiger charge is 2.81. The van der Waals surface area contributed by atoms with Crippen molar-refractivity contribution in [2.24, 2.45) is 16.7 Å². The Morgan fingerprint density at radius 1 is 1.25 bits per heavy atom. The van der Waals surface area contributed by atoms with Crippen molar-refractivity contribution in [1.82, 2.24) is 0 Å². The van der Waals surface area contributed by atoms with Gasteiger partial charge in [-0.2, -0.15) is 0 Å². The molecule has 8 atom stereocenters. The predicted octanol–water partition coefficient (Wildman–Crippen LogP) is 1.54. The molecule has 2 aliphatic carbocycles. The van der Waals surface area contributed by atoms with Gasteiger partial charge in [0.25, 0.3) is 0 Å². The van der Waals surface area contributed by atoms with E-state index in [0.717, 1.165) is 0 Å². The van der Waals surface area contributed by atoms with Crippen LogP contribution >= 0.6 is 0 Å². The van der Waals surface area contributed by atoms with Crippen LogP contribution in [0.3, 0.4) is 0 Å². The van der Waals surface area contributed by atoms with Crippen LogP contribution in [0.15, 0.2) is 12.7 Å². The zero-order valence-corrected chi connectivity index (χ0v) is 20.0. The van der Waals surface area contributed by atoms with Crippen molar-refractivity contribution in [3.63, 3.8) is 0 Å². The zero-order chi connectivity index (χ0) is 24.3. The van der Waals surface area contributed by atoms with Crippen LogP contribution in [0.2, 0.25) is 0 Å². The van der Waals surface area contributed by atoms with Crippen LogP contribution in [0.25, 0.3) is 0 Å². The third-order valence-electron chi connectivity index (χ3n) is 8.41. The average Bonchev–Trinajstić information content (AvgIpc) is 2.70. The topological polar surface area (TPSA) is 123 Å². The minimum atomic E-state index is -2.22. The SMILES string of the molecule is C=C[C@@]1(C)CC(=O)[C@]2(O)[C@@]3(C)[C@@H](O)CCC(C)(C)[C@@H]3[C@H](O)[C@H](OC(=O)COCC)[C@@]2(C)O1. The number of hydrogen-bond donors (Lipinski definition) is 3.